The van der Waals surface area contributed by atoms with Gasteiger partial charge in [-0.25, -0.2) is 4.79 Å². The summed E-state index contributed by atoms with van der Waals surface area (Å²) in [5, 5.41) is 0.731. The van der Waals surface area contributed by atoms with Gasteiger partial charge in [0.1, 0.15) is 10.6 Å². The van der Waals surface area contributed by atoms with E-state index in [0.717, 1.165) is 31.0 Å². The summed E-state index contributed by atoms with van der Waals surface area (Å²) in [5.74, 6) is -0.225. The average molecular weight is 271 g/mol. The zero-order valence-electron chi connectivity index (χ0n) is 10.5. The van der Waals surface area contributed by atoms with E-state index in [-0.39, 0.29) is 11.9 Å². The van der Waals surface area contributed by atoms with E-state index in [9.17, 15) is 4.79 Å². The number of nitrogens with zero attached hydrogens (tertiary/aromatic N) is 2. The van der Waals surface area contributed by atoms with Crippen LogP contribution in [0, 0.1) is 0 Å². The van der Waals surface area contributed by atoms with Crippen LogP contribution in [0.25, 0.3) is 0 Å². The molecule has 1 aliphatic heterocycles. The highest BCUT2D eigenvalue weighted by Gasteiger charge is 2.25. The van der Waals surface area contributed by atoms with Gasteiger partial charge in [0.2, 0.25) is 0 Å². The highest BCUT2D eigenvalue weighted by Crippen LogP contribution is 2.31. The minimum Gasteiger partial charge on any atom is -0.465 e. The number of carbonyl (C=O) groups excluding carboxylic acids is 1. The molecule has 2 N–H and O–H groups in total. The SMILES string of the molecule is COC(=O)c1c(N)nsc1N(C)CC1CCCO1. The summed E-state index contributed by atoms with van der Waals surface area (Å²) in [5.41, 5.74) is 6.05. The van der Waals surface area contributed by atoms with Crippen molar-refractivity contribution in [2.24, 2.45) is 0 Å². The van der Waals surface area contributed by atoms with Crippen molar-refractivity contribution in [2.75, 3.05) is 37.9 Å². The van der Waals surface area contributed by atoms with Crippen molar-refractivity contribution in [3.63, 3.8) is 0 Å². The third-order valence-corrected chi connectivity index (χ3v) is 3.91. The van der Waals surface area contributed by atoms with Gasteiger partial charge in [0, 0.05) is 20.2 Å². The fourth-order valence-corrected chi connectivity index (χ4v) is 2.79. The molecule has 1 aromatic heterocycles. The molecule has 1 fully saturated rings. The standard InChI is InChI=1S/C11H17N3O3S/c1-14(6-7-4-3-5-17-7)10-8(11(15)16-2)9(12)13-18-10/h7H,3-6H2,1-2H3,(H2,12,13). The van der Waals surface area contributed by atoms with Gasteiger partial charge < -0.3 is 20.1 Å². The highest BCUT2D eigenvalue weighted by atomic mass is 32.1. The largest absolute Gasteiger partial charge is 0.465 e. The number of esters is 1. The van der Waals surface area contributed by atoms with Gasteiger partial charge in [0.05, 0.1) is 13.2 Å². The lowest BCUT2D eigenvalue weighted by molar-refractivity contribution is 0.0602. The molecule has 1 aliphatic rings. The number of nitrogen functional groups attached to an aromatic ring is 1. The third-order valence-electron chi connectivity index (χ3n) is 2.94. The number of aromatic nitrogens is 1. The van der Waals surface area contributed by atoms with E-state index in [1.165, 1.54) is 18.6 Å². The number of ether oxygens (including phenoxy) is 2. The molecule has 7 heteroatoms. The average Bonchev–Trinajstić information content (AvgIpc) is 2.97. The molecule has 0 radical (unpaired) electrons. The Morgan fingerprint density at radius 2 is 2.50 bits per heavy atom. The van der Waals surface area contributed by atoms with Gasteiger partial charge in [-0.15, -0.1) is 0 Å². The summed E-state index contributed by atoms with van der Waals surface area (Å²) in [6, 6.07) is 0. The Balaban J connectivity index is 2.14. The summed E-state index contributed by atoms with van der Waals surface area (Å²) in [4.78, 5) is 13.6. The Labute approximate surface area is 110 Å². The van der Waals surface area contributed by atoms with Gasteiger partial charge in [0.25, 0.3) is 0 Å². The Morgan fingerprint density at radius 1 is 1.72 bits per heavy atom. The molecular weight excluding hydrogens is 254 g/mol. The van der Waals surface area contributed by atoms with E-state index in [2.05, 4.69) is 4.37 Å². The van der Waals surface area contributed by atoms with Crippen LogP contribution in [0.5, 0.6) is 0 Å². The van der Waals surface area contributed by atoms with Crippen molar-refractivity contribution >= 4 is 28.3 Å². The Bertz CT molecular complexity index is 429. The first-order valence-corrected chi connectivity index (χ1v) is 6.57. The fourth-order valence-electron chi connectivity index (χ4n) is 2.02. The van der Waals surface area contributed by atoms with Gasteiger partial charge in [-0.05, 0) is 24.4 Å². The first kappa shape index (κ1) is 13.1. The predicted octanol–water partition coefficient (Wildman–Crippen LogP) is 1.13. The number of rotatable bonds is 4. The number of hydrogen-bond donors (Lipinski definition) is 1. The lowest BCUT2D eigenvalue weighted by Crippen LogP contribution is -2.29. The molecule has 1 saturated heterocycles. The molecule has 0 spiro atoms. The van der Waals surface area contributed by atoms with Crippen LogP contribution in [0.4, 0.5) is 10.8 Å². The van der Waals surface area contributed by atoms with E-state index in [1.807, 2.05) is 11.9 Å². The molecular formula is C11H17N3O3S. The normalized spacial score (nSPS) is 18.9. The number of nitrogens with two attached hydrogens (primary N) is 1. The molecule has 1 unspecified atom stereocenters. The fraction of sp³-hybridized carbons (Fsp3) is 0.636. The zero-order valence-corrected chi connectivity index (χ0v) is 11.3. The first-order chi connectivity index (χ1) is 8.63. The van der Waals surface area contributed by atoms with Gasteiger partial charge >= 0.3 is 5.97 Å². The van der Waals surface area contributed by atoms with Crippen molar-refractivity contribution in [3.05, 3.63) is 5.56 Å². The van der Waals surface area contributed by atoms with Crippen LogP contribution in [0.3, 0.4) is 0 Å². The molecule has 0 aromatic carbocycles. The first-order valence-electron chi connectivity index (χ1n) is 5.79. The molecule has 0 bridgehead atoms. The van der Waals surface area contributed by atoms with Crippen molar-refractivity contribution in [3.8, 4) is 0 Å². The number of anilines is 2. The van der Waals surface area contributed by atoms with Crippen LogP contribution in [0.2, 0.25) is 0 Å². The van der Waals surface area contributed by atoms with E-state index in [4.69, 9.17) is 15.2 Å². The lowest BCUT2D eigenvalue weighted by Gasteiger charge is -2.21. The second-order valence-corrected chi connectivity index (χ2v) is 5.01. The Morgan fingerprint density at radius 3 is 3.11 bits per heavy atom. The molecule has 2 rings (SSSR count). The molecule has 0 saturated carbocycles. The van der Waals surface area contributed by atoms with Crippen molar-refractivity contribution < 1.29 is 14.3 Å². The molecule has 1 aromatic rings. The van der Waals surface area contributed by atoms with Gasteiger partial charge in [-0.2, -0.15) is 4.37 Å². The van der Waals surface area contributed by atoms with Crippen molar-refractivity contribution in [1.29, 1.82) is 0 Å². The summed E-state index contributed by atoms with van der Waals surface area (Å²) >= 11 is 1.21. The maximum atomic E-state index is 11.7. The van der Waals surface area contributed by atoms with Crippen LogP contribution < -0.4 is 10.6 Å². The summed E-state index contributed by atoms with van der Waals surface area (Å²) in [7, 11) is 3.24. The van der Waals surface area contributed by atoms with Crippen LogP contribution in [-0.4, -0.2) is 43.8 Å². The maximum Gasteiger partial charge on any atom is 0.344 e. The minimum absolute atomic E-state index is 0.212. The zero-order chi connectivity index (χ0) is 13.1. The van der Waals surface area contributed by atoms with Gasteiger partial charge in [-0.1, -0.05) is 0 Å². The van der Waals surface area contributed by atoms with Crippen molar-refractivity contribution in [2.45, 2.75) is 18.9 Å². The molecule has 6 nitrogen and oxygen atoms in total. The molecule has 100 valence electrons. The third kappa shape index (κ3) is 2.56. The summed E-state index contributed by atoms with van der Waals surface area (Å²) in [6.45, 7) is 1.54. The summed E-state index contributed by atoms with van der Waals surface area (Å²) < 4.78 is 14.3. The second kappa shape index (κ2) is 5.53. The van der Waals surface area contributed by atoms with Crippen LogP contribution >= 0.6 is 11.5 Å². The number of carbonyl (C=O) groups is 1. The number of likely N-dealkylation sites (N-methyl/N-ethyl adjacent to an activating group) is 1. The minimum atomic E-state index is -0.449. The number of methoxy groups -OCH3 is 1. The number of hydrogen-bond acceptors (Lipinski definition) is 7. The Hall–Kier alpha value is -1.34. The highest BCUT2D eigenvalue weighted by molar-refractivity contribution is 7.11. The van der Waals surface area contributed by atoms with Crippen LogP contribution in [0.1, 0.15) is 23.2 Å². The second-order valence-electron chi connectivity index (χ2n) is 4.26. The smallest absolute Gasteiger partial charge is 0.344 e. The predicted molar refractivity (Wildman–Crippen MR) is 70.1 cm³/mol. The maximum absolute atomic E-state index is 11.7. The van der Waals surface area contributed by atoms with Gasteiger partial charge in [-0.3, -0.25) is 0 Å². The Kier molecular flexibility index (Phi) is 4.03. The monoisotopic (exact) mass is 271 g/mol. The van der Waals surface area contributed by atoms with E-state index >= 15 is 0 Å². The van der Waals surface area contributed by atoms with Crippen LogP contribution in [-0.2, 0) is 9.47 Å². The molecule has 18 heavy (non-hydrogen) atoms. The van der Waals surface area contributed by atoms with Crippen molar-refractivity contribution in [1.82, 2.24) is 4.37 Å². The molecule has 1 atom stereocenters. The molecule has 0 aliphatic carbocycles. The molecule has 2 heterocycles. The summed E-state index contributed by atoms with van der Waals surface area (Å²) in [6.07, 6.45) is 2.35. The van der Waals surface area contributed by atoms with E-state index in [1.54, 1.807) is 0 Å². The van der Waals surface area contributed by atoms with E-state index < -0.39 is 5.97 Å². The lowest BCUT2D eigenvalue weighted by atomic mass is 10.2. The van der Waals surface area contributed by atoms with Gasteiger partial charge in [0.15, 0.2) is 5.82 Å². The topological polar surface area (TPSA) is 77.7 Å². The quantitative estimate of drug-likeness (QED) is 0.827. The molecule has 0 amide bonds. The van der Waals surface area contributed by atoms with Crippen LogP contribution in [0.15, 0.2) is 0 Å². The van der Waals surface area contributed by atoms with E-state index in [0.29, 0.717) is 5.56 Å².